The second kappa shape index (κ2) is 8.04. The molecule has 2 fully saturated rings. The van der Waals surface area contributed by atoms with Gasteiger partial charge in [0.2, 0.25) is 0 Å². The fourth-order valence-electron chi connectivity index (χ4n) is 3.45. The van der Waals surface area contributed by atoms with Gasteiger partial charge in [0.05, 0.1) is 17.4 Å². The van der Waals surface area contributed by atoms with Gasteiger partial charge in [-0.15, -0.1) is 0 Å². The number of piperazine rings is 1. The number of amides is 3. The van der Waals surface area contributed by atoms with Gasteiger partial charge in [-0.3, -0.25) is 9.69 Å². The summed E-state index contributed by atoms with van der Waals surface area (Å²) in [7, 11) is 2.09. The van der Waals surface area contributed by atoms with Gasteiger partial charge < -0.3 is 20.4 Å². The third kappa shape index (κ3) is 4.14. The van der Waals surface area contributed by atoms with E-state index < -0.39 is 11.7 Å². The van der Waals surface area contributed by atoms with Gasteiger partial charge in [0.1, 0.15) is 11.6 Å². The average molecular weight is 398 g/mol. The molecule has 0 radical (unpaired) electrons. The Bertz CT molecular complexity index is 912. The van der Waals surface area contributed by atoms with Crippen LogP contribution >= 0.6 is 0 Å². The molecule has 0 bridgehead atoms. The number of carbonyl (C=O) groups is 2. The largest absolute Gasteiger partial charge is 0.354 e. The summed E-state index contributed by atoms with van der Waals surface area (Å²) in [6, 6.07) is 7.43. The zero-order valence-corrected chi connectivity index (χ0v) is 16.2. The van der Waals surface area contributed by atoms with Crippen molar-refractivity contribution in [3.63, 3.8) is 0 Å². The third-order valence-corrected chi connectivity index (χ3v) is 5.20. The number of aromatic nitrogens is 1. The standard InChI is InChI=1S/C20H23FN6O2/c1-25-8-10-26(11-9-25)18-5-2-14(13-23-18)24-19(28)16-12-15(3-4-17(16)21)27-7-6-22-20(27)29/h2-5,12-13H,6-11H2,1H3,(H,22,29)(H,24,28). The molecule has 1 aromatic carbocycles. The van der Waals surface area contributed by atoms with Crippen molar-refractivity contribution in [2.75, 3.05) is 61.4 Å². The fraction of sp³-hybridized carbons (Fsp3) is 0.350. The Labute approximate surface area is 168 Å². The van der Waals surface area contributed by atoms with Crippen LogP contribution in [0.5, 0.6) is 0 Å². The number of nitrogens with one attached hydrogen (secondary N) is 2. The summed E-state index contributed by atoms with van der Waals surface area (Å²) < 4.78 is 14.2. The van der Waals surface area contributed by atoms with Crippen molar-refractivity contribution in [3.8, 4) is 0 Å². The number of hydrogen-bond donors (Lipinski definition) is 2. The van der Waals surface area contributed by atoms with Crippen LogP contribution in [0.25, 0.3) is 0 Å². The number of pyridine rings is 1. The number of likely N-dealkylation sites (N-methyl/N-ethyl adjacent to an activating group) is 1. The molecule has 3 amide bonds. The molecule has 0 atom stereocenters. The van der Waals surface area contributed by atoms with Gasteiger partial charge in [-0.1, -0.05) is 0 Å². The highest BCUT2D eigenvalue weighted by atomic mass is 19.1. The van der Waals surface area contributed by atoms with Crippen LogP contribution in [0, 0.1) is 5.82 Å². The van der Waals surface area contributed by atoms with Crippen molar-refractivity contribution in [1.82, 2.24) is 15.2 Å². The number of benzene rings is 1. The van der Waals surface area contributed by atoms with E-state index in [1.165, 1.54) is 23.1 Å². The molecule has 29 heavy (non-hydrogen) atoms. The van der Waals surface area contributed by atoms with Crippen molar-refractivity contribution in [3.05, 3.63) is 47.9 Å². The van der Waals surface area contributed by atoms with E-state index in [9.17, 15) is 14.0 Å². The van der Waals surface area contributed by atoms with Gasteiger partial charge in [0, 0.05) is 45.0 Å². The predicted octanol–water partition coefficient (Wildman–Crippen LogP) is 1.75. The summed E-state index contributed by atoms with van der Waals surface area (Å²) in [5.74, 6) is -0.379. The first-order chi connectivity index (χ1) is 14.0. The number of carbonyl (C=O) groups excluding carboxylic acids is 2. The zero-order valence-electron chi connectivity index (χ0n) is 16.2. The van der Waals surface area contributed by atoms with Gasteiger partial charge in [-0.2, -0.15) is 0 Å². The maximum absolute atomic E-state index is 14.2. The van der Waals surface area contributed by atoms with E-state index >= 15 is 0 Å². The van der Waals surface area contributed by atoms with E-state index in [1.807, 2.05) is 6.07 Å². The lowest BCUT2D eigenvalue weighted by molar-refractivity contribution is 0.102. The van der Waals surface area contributed by atoms with E-state index in [-0.39, 0.29) is 11.6 Å². The minimum atomic E-state index is -0.645. The lowest BCUT2D eigenvalue weighted by Gasteiger charge is -2.33. The van der Waals surface area contributed by atoms with Gasteiger partial charge >= 0.3 is 6.03 Å². The molecule has 0 aliphatic carbocycles. The highest BCUT2D eigenvalue weighted by molar-refractivity contribution is 6.05. The van der Waals surface area contributed by atoms with E-state index in [1.54, 1.807) is 12.3 Å². The van der Waals surface area contributed by atoms with Crippen LogP contribution in [-0.2, 0) is 0 Å². The number of anilines is 3. The van der Waals surface area contributed by atoms with E-state index in [4.69, 9.17) is 0 Å². The Morgan fingerprint density at radius 1 is 1.14 bits per heavy atom. The summed E-state index contributed by atoms with van der Waals surface area (Å²) in [6.07, 6.45) is 1.57. The van der Waals surface area contributed by atoms with E-state index in [0.717, 1.165) is 32.0 Å². The molecule has 2 aliphatic rings. The molecule has 9 heteroatoms. The molecule has 2 saturated heterocycles. The summed E-state index contributed by atoms with van der Waals surface area (Å²) >= 11 is 0. The SMILES string of the molecule is CN1CCN(c2ccc(NC(=O)c3cc(N4CCNC4=O)ccc3F)cn2)CC1. The van der Waals surface area contributed by atoms with Crippen LogP contribution in [0.2, 0.25) is 0 Å². The molecule has 2 aliphatic heterocycles. The summed E-state index contributed by atoms with van der Waals surface area (Å²) in [5, 5.41) is 5.36. The molecule has 0 spiro atoms. The molecule has 0 saturated carbocycles. The Hall–Kier alpha value is -3.20. The average Bonchev–Trinajstić information content (AvgIpc) is 3.15. The highest BCUT2D eigenvalue weighted by Crippen LogP contribution is 2.22. The first-order valence-electron chi connectivity index (χ1n) is 9.57. The molecule has 8 nitrogen and oxygen atoms in total. The summed E-state index contributed by atoms with van der Waals surface area (Å²) in [6.45, 7) is 4.75. The first-order valence-corrected chi connectivity index (χ1v) is 9.57. The summed E-state index contributed by atoms with van der Waals surface area (Å²) in [4.78, 5) is 34.8. The second-order valence-corrected chi connectivity index (χ2v) is 7.20. The minimum Gasteiger partial charge on any atom is -0.354 e. The Kier molecular flexibility index (Phi) is 5.30. The Morgan fingerprint density at radius 2 is 1.93 bits per heavy atom. The van der Waals surface area contributed by atoms with Gasteiger partial charge in [0.15, 0.2) is 0 Å². The van der Waals surface area contributed by atoms with Gasteiger partial charge in [0.25, 0.3) is 5.91 Å². The number of rotatable bonds is 4. The first kappa shape index (κ1) is 19.1. The topological polar surface area (TPSA) is 80.8 Å². The lowest BCUT2D eigenvalue weighted by atomic mass is 10.1. The lowest BCUT2D eigenvalue weighted by Crippen LogP contribution is -2.44. The smallest absolute Gasteiger partial charge is 0.321 e. The molecule has 2 N–H and O–H groups in total. The molecular formula is C20H23FN6O2. The number of nitrogens with zero attached hydrogens (tertiary/aromatic N) is 4. The molecule has 1 aromatic heterocycles. The van der Waals surface area contributed by atoms with E-state index in [0.29, 0.717) is 24.5 Å². The second-order valence-electron chi connectivity index (χ2n) is 7.20. The zero-order chi connectivity index (χ0) is 20.4. The van der Waals surface area contributed by atoms with Crippen LogP contribution in [0.3, 0.4) is 0 Å². The maximum Gasteiger partial charge on any atom is 0.321 e. The van der Waals surface area contributed by atoms with Crippen LogP contribution in [-0.4, -0.2) is 68.1 Å². The molecule has 2 aromatic rings. The Balaban J connectivity index is 1.46. The molecule has 3 heterocycles. The predicted molar refractivity (Wildman–Crippen MR) is 109 cm³/mol. The third-order valence-electron chi connectivity index (χ3n) is 5.20. The van der Waals surface area contributed by atoms with Crippen LogP contribution < -0.4 is 20.4 Å². The highest BCUT2D eigenvalue weighted by Gasteiger charge is 2.23. The minimum absolute atomic E-state index is 0.120. The van der Waals surface area contributed by atoms with Crippen molar-refractivity contribution in [2.45, 2.75) is 0 Å². The maximum atomic E-state index is 14.2. The van der Waals surface area contributed by atoms with Gasteiger partial charge in [-0.25, -0.2) is 14.2 Å². The Morgan fingerprint density at radius 3 is 2.59 bits per heavy atom. The van der Waals surface area contributed by atoms with Gasteiger partial charge in [-0.05, 0) is 37.4 Å². The number of hydrogen-bond acceptors (Lipinski definition) is 5. The summed E-state index contributed by atoms with van der Waals surface area (Å²) in [5.41, 5.74) is 0.844. The van der Waals surface area contributed by atoms with Crippen molar-refractivity contribution in [2.24, 2.45) is 0 Å². The quantitative estimate of drug-likeness (QED) is 0.820. The normalized spacial score (nSPS) is 17.4. The monoisotopic (exact) mass is 398 g/mol. The molecular weight excluding hydrogens is 375 g/mol. The molecule has 152 valence electrons. The fourth-order valence-corrected chi connectivity index (χ4v) is 3.45. The van der Waals surface area contributed by atoms with Crippen LogP contribution in [0.1, 0.15) is 10.4 Å². The molecule has 0 unspecified atom stereocenters. The van der Waals surface area contributed by atoms with Crippen molar-refractivity contribution < 1.29 is 14.0 Å². The van der Waals surface area contributed by atoms with E-state index in [2.05, 4.69) is 32.5 Å². The molecule has 4 rings (SSSR count). The van der Waals surface area contributed by atoms with Crippen LogP contribution in [0.4, 0.5) is 26.4 Å². The van der Waals surface area contributed by atoms with Crippen LogP contribution in [0.15, 0.2) is 36.5 Å². The van der Waals surface area contributed by atoms with Crippen molar-refractivity contribution >= 4 is 29.1 Å². The number of halogens is 1. The van der Waals surface area contributed by atoms with Crippen molar-refractivity contribution in [1.29, 1.82) is 0 Å². The number of urea groups is 1.